The third-order valence-corrected chi connectivity index (χ3v) is 5.86. The minimum absolute atomic E-state index is 0.278. The first kappa shape index (κ1) is 21.2. The predicted molar refractivity (Wildman–Crippen MR) is 110 cm³/mol. The van der Waals surface area contributed by atoms with Crippen molar-refractivity contribution in [2.24, 2.45) is 11.8 Å². The summed E-state index contributed by atoms with van der Waals surface area (Å²) in [4.78, 5) is 0. The average Bonchev–Trinajstić information content (AvgIpc) is 2.73. The lowest BCUT2D eigenvalue weighted by Gasteiger charge is -2.26. The van der Waals surface area contributed by atoms with Gasteiger partial charge in [-0.2, -0.15) is 5.26 Å². The third kappa shape index (κ3) is 5.73. The van der Waals surface area contributed by atoms with Crippen LogP contribution in [0.1, 0.15) is 49.7 Å². The van der Waals surface area contributed by atoms with Gasteiger partial charge in [0, 0.05) is 0 Å². The van der Waals surface area contributed by atoms with Gasteiger partial charge < -0.3 is 0 Å². The molecule has 0 atom stereocenters. The minimum Gasteiger partial charge on any atom is -0.251 e. The molecule has 0 unspecified atom stereocenters. The fourth-order valence-electron chi connectivity index (χ4n) is 4.10. The maximum Gasteiger partial charge on any atom is 0.144 e. The number of aryl methyl sites for hydroxylation is 1. The molecule has 4 heteroatoms. The second-order valence-electron chi connectivity index (χ2n) is 7.85. The first-order chi connectivity index (χ1) is 14.1. The normalized spacial score (nSPS) is 19.4. The summed E-state index contributed by atoms with van der Waals surface area (Å²) in [7, 11) is 0. The predicted octanol–water partition coefficient (Wildman–Crippen LogP) is 7.16. The quantitative estimate of drug-likeness (QED) is 0.455. The number of benzene rings is 2. The van der Waals surface area contributed by atoms with E-state index in [-0.39, 0.29) is 6.67 Å². The molecule has 2 aromatic carbocycles. The second-order valence-corrected chi connectivity index (χ2v) is 7.85. The fourth-order valence-corrected chi connectivity index (χ4v) is 4.10. The Morgan fingerprint density at radius 2 is 1.62 bits per heavy atom. The second kappa shape index (κ2) is 10.3. The molecule has 0 heterocycles. The molecule has 1 nitrogen and oxygen atoms in total. The number of halogens is 3. The topological polar surface area (TPSA) is 23.8 Å². The lowest BCUT2D eigenvalue weighted by molar-refractivity contribution is 0.296. The number of hydrogen-bond acceptors (Lipinski definition) is 1. The van der Waals surface area contributed by atoms with Crippen molar-refractivity contribution in [3.05, 3.63) is 71.3 Å². The van der Waals surface area contributed by atoms with Crippen LogP contribution < -0.4 is 0 Å². The van der Waals surface area contributed by atoms with Crippen molar-refractivity contribution >= 4 is 0 Å². The summed E-state index contributed by atoms with van der Waals surface area (Å²) in [5, 5.41) is 8.78. The molecule has 0 amide bonds. The molecular formula is C25H26F3N. The molecule has 1 aliphatic carbocycles. The summed E-state index contributed by atoms with van der Waals surface area (Å²) < 4.78 is 39.8. The van der Waals surface area contributed by atoms with Gasteiger partial charge in [-0.1, -0.05) is 36.4 Å². The highest BCUT2D eigenvalue weighted by Gasteiger charge is 2.19. The van der Waals surface area contributed by atoms with Crippen LogP contribution >= 0.6 is 0 Å². The van der Waals surface area contributed by atoms with E-state index in [9.17, 15) is 13.2 Å². The zero-order valence-corrected chi connectivity index (χ0v) is 16.5. The van der Waals surface area contributed by atoms with Crippen LogP contribution in [0.25, 0.3) is 11.1 Å². The summed E-state index contributed by atoms with van der Waals surface area (Å²) in [5.41, 5.74) is 1.84. The number of allylic oxidation sites excluding steroid dienone is 2. The molecule has 1 aliphatic rings. The van der Waals surface area contributed by atoms with Crippen molar-refractivity contribution in [1.29, 1.82) is 5.26 Å². The Kier molecular flexibility index (Phi) is 7.52. The molecule has 152 valence electrons. The Bertz CT molecular complexity index is 849. The van der Waals surface area contributed by atoms with Crippen LogP contribution in [0.4, 0.5) is 13.2 Å². The number of rotatable bonds is 7. The lowest BCUT2D eigenvalue weighted by atomic mass is 9.79. The lowest BCUT2D eigenvalue weighted by Crippen LogP contribution is -2.13. The van der Waals surface area contributed by atoms with E-state index in [1.54, 1.807) is 6.07 Å². The van der Waals surface area contributed by atoms with Gasteiger partial charge in [0.15, 0.2) is 0 Å². The van der Waals surface area contributed by atoms with Crippen LogP contribution in [0.5, 0.6) is 0 Å². The fraction of sp³-hybridized carbons (Fsp3) is 0.400. The van der Waals surface area contributed by atoms with Gasteiger partial charge in [0.2, 0.25) is 0 Å². The molecule has 3 rings (SSSR count). The van der Waals surface area contributed by atoms with E-state index >= 15 is 0 Å². The Labute approximate surface area is 170 Å². The van der Waals surface area contributed by atoms with E-state index in [0.29, 0.717) is 17.9 Å². The van der Waals surface area contributed by atoms with Crippen LogP contribution in [-0.4, -0.2) is 6.67 Å². The zero-order chi connectivity index (χ0) is 20.6. The maximum absolute atomic E-state index is 13.8. The molecule has 0 N–H and O–H groups in total. The molecule has 1 saturated carbocycles. The van der Waals surface area contributed by atoms with Crippen molar-refractivity contribution in [2.45, 2.75) is 44.9 Å². The monoisotopic (exact) mass is 397 g/mol. The number of nitrogens with zero attached hydrogens (tertiary/aromatic N) is 1. The average molecular weight is 397 g/mol. The van der Waals surface area contributed by atoms with Crippen molar-refractivity contribution in [3.63, 3.8) is 0 Å². The summed E-state index contributed by atoms with van der Waals surface area (Å²) in [6.07, 6.45) is 11.6. The van der Waals surface area contributed by atoms with Gasteiger partial charge in [-0.05, 0) is 85.6 Å². The van der Waals surface area contributed by atoms with E-state index in [0.717, 1.165) is 24.3 Å². The smallest absolute Gasteiger partial charge is 0.144 e. The Hall–Kier alpha value is -2.54. The molecule has 0 radical (unpaired) electrons. The van der Waals surface area contributed by atoms with Gasteiger partial charge in [0.1, 0.15) is 23.3 Å². The van der Waals surface area contributed by atoms with E-state index in [1.807, 2.05) is 30.3 Å². The SMILES string of the molecule is N#Cc1c(F)cc(-c2ccc(CCC3CCC(C=CCCF)CC3)cc2)cc1F. The molecule has 1 fully saturated rings. The maximum atomic E-state index is 13.8. The minimum atomic E-state index is -0.832. The van der Waals surface area contributed by atoms with E-state index in [4.69, 9.17) is 5.26 Å². The molecule has 0 bridgehead atoms. The van der Waals surface area contributed by atoms with Crippen LogP contribution in [0.3, 0.4) is 0 Å². The molecule has 0 aromatic heterocycles. The zero-order valence-electron chi connectivity index (χ0n) is 16.5. The van der Waals surface area contributed by atoms with Crippen molar-refractivity contribution < 1.29 is 13.2 Å². The molecule has 2 aromatic rings. The largest absolute Gasteiger partial charge is 0.251 e. The van der Waals surface area contributed by atoms with Gasteiger partial charge in [0.25, 0.3) is 0 Å². The molecule has 0 spiro atoms. The standard InChI is InChI=1S/C25H26F3N/c26-14-2-1-3-18-4-6-19(7-5-18)8-9-20-10-12-21(13-11-20)22-15-24(27)23(17-29)25(28)16-22/h1,3,10-13,15-16,18-19H,2,4-9,14H2. The highest BCUT2D eigenvalue weighted by molar-refractivity contribution is 5.65. The van der Waals surface area contributed by atoms with Crippen LogP contribution in [-0.2, 0) is 6.42 Å². The highest BCUT2D eigenvalue weighted by atomic mass is 19.1. The summed E-state index contributed by atoms with van der Waals surface area (Å²) >= 11 is 0. The van der Waals surface area contributed by atoms with Gasteiger partial charge in [-0.15, -0.1) is 0 Å². The van der Waals surface area contributed by atoms with Crippen LogP contribution in [0.2, 0.25) is 0 Å². The van der Waals surface area contributed by atoms with E-state index in [2.05, 4.69) is 6.08 Å². The Balaban J connectivity index is 1.52. The number of hydrogen-bond donors (Lipinski definition) is 0. The van der Waals surface area contributed by atoms with Gasteiger partial charge >= 0.3 is 0 Å². The van der Waals surface area contributed by atoms with Crippen LogP contribution in [0, 0.1) is 34.8 Å². The van der Waals surface area contributed by atoms with E-state index < -0.39 is 17.2 Å². The summed E-state index contributed by atoms with van der Waals surface area (Å²) in [6, 6.07) is 11.7. The molecular weight excluding hydrogens is 371 g/mol. The Morgan fingerprint density at radius 3 is 2.21 bits per heavy atom. The number of alkyl halides is 1. The Morgan fingerprint density at radius 1 is 0.966 bits per heavy atom. The van der Waals surface area contributed by atoms with Gasteiger partial charge in [-0.3, -0.25) is 4.39 Å². The first-order valence-electron chi connectivity index (χ1n) is 10.3. The summed E-state index contributed by atoms with van der Waals surface area (Å²) in [6.45, 7) is -0.278. The highest BCUT2D eigenvalue weighted by Crippen LogP contribution is 2.32. The molecule has 0 aliphatic heterocycles. The van der Waals surface area contributed by atoms with Crippen molar-refractivity contribution in [3.8, 4) is 17.2 Å². The van der Waals surface area contributed by atoms with E-state index in [1.165, 1.54) is 43.4 Å². The van der Waals surface area contributed by atoms with Crippen LogP contribution in [0.15, 0.2) is 48.6 Å². The van der Waals surface area contributed by atoms with Gasteiger partial charge in [-0.25, -0.2) is 8.78 Å². The molecule has 0 saturated heterocycles. The molecule has 29 heavy (non-hydrogen) atoms. The van der Waals surface area contributed by atoms with Crippen molar-refractivity contribution in [2.75, 3.05) is 6.67 Å². The third-order valence-electron chi connectivity index (χ3n) is 5.86. The van der Waals surface area contributed by atoms with Crippen molar-refractivity contribution in [1.82, 2.24) is 0 Å². The van der Waals surface area contributed by atoms with Gasteiger partial charge in [0.05, 0.1) is 6.67 Å². The first-order valence-corrected chi connectivity index (χ1v) is 10.3. The number of nitriles is 1. The summed E-state index contributed by atoms with van der Waals surface area (Å²) in [5.74, 6) is -0.337.